The molecule has 132 valence electrons. The van der Waals surface area contributed by atoms with Gasteiger partial charge in [-0.2, -0.15) is 4.79 Å². The number of aryl methyl sites for hydroxylation is 1. The molecule has 0 aliphatic carbocycles. The van der Waals surface area contributed by atoms with Gasteiger partial charge in [0, 0.05) is 13.0 Å². The number of aliphatic carboxylic acids is 1. The third-order valence-corrected chi connectivity index (χ3v) is 4.30. The summed E-state index contributed by atoms with van der Waals surface area (Å²) in [4.78, 5) is 22.0. The normalized spacial score (nSPS) is 10.0. The fourth-order valence-electron chi connectivity index (χ4n) is 1.61. The van der Waals surface area contributed by atoms with Crippen molar-refractivity contribution < 1.29 is 27.9 Å². The van der Waals surface area contributed by atoms with Gasteiger partial charge in [-0.3, -0.25) is 9.59 Å². The highest BCUT2D eigenvalue weighted by Gasteiger charge is 2.12. The molecule has 1 rings (SSSR count). The lowest BCUT2D eigenvalue weighted by Crippen LogP contribution is -2.24. The maximum atomic E-state index is 11.9. The van der Waals surface area contributed by atoms with Crippen LogP contribution in [0, 0.1) is 6.92 Å². The van der Waals surface area contributed by atoms with Gasteiger partial charge in [0.1, 0.15) is 0 Å². The number of rotatable bonds is 9. The van der Waals surface area contributed by atoms with Gasteiger partial charge >= 0.3 is 12.2 Å². The van der Waals surface area contributed by atoms with Crippen LogP contribution in [0.4, 0.5) is 0 Å². The van der Waals surface area contributed by atoms with E-state index in [0.717, 1.165) is 11.8 Å². The molecular weight excluding hydrogens is 334 g/mol. The number of benzene rings is 1. The zero-order valence-electron chi connectivity index (χ0n) is 13.4. The van der Waals surface area contributed by atoms with Crippen LogP contribution in [-0.2, 0) is 19.6 Å². The fourth-order valence-corrected chi connectivity index (χ4v) is 2.69. The van der Waals surface area contributed by atoms with Gasteiger partial charge in [-0.1, -0.05) is 24.1 Å². The van der Waals surface area contributed by atoms with Crippen LogP contribution in [0.15, 0.2) is 29.2 Å². The average molecular weight is 355 g/mol. The Morgan fingerprint density at radius 2 is 1.88 bits per heavy atom. The maximum Gasteiger partial charge on any atom is 0.319 e. The van der Waals surface area contributed by atoms with E-state index in [9.17, 15) is 13.2 Å². The minimum atomic E-state index is -3.45. The van der Waals surface area contributed by atoms with Crippen molar-refractivity contribution in [1.29, 1.82) is 0 Å². The van der Waals surface area contributed by atoms with Gasteiger partial charge in [0.15, 0.2) is 0 Å². The number of carbonyl (C=O) groups excluding carboxylic acids is 1. The van der Waals surface area contributed by atoms with E-state index in [4.69, 9.17) is 15.4 Å². The summed E-state index contributed by atoms with van der Waals surface area (Å²) in [6.45, 7) is 2.22. The summed E-state index contributed by atoms with van der Waals surface area (Å²) in [5, 5.41) is 8.46. The summed E-state index contributed by atoms with van der Waals surface area (Å²) in [5.74, 6) is -0.819. The van der Waals surface area contributed by atoms with E-state index in [0.29, 0.717) is 32.1 Å². The van der Waals surface area contributed by atoms with Gasteiger partial charge < -0.3 is 10.6 Å². The number of unbranched alkanes of at least 4 members (excludes halogenated alkanes) is 2. The summed E-state index contributed by atoms with van der Waals surface area (Å²) in [6, 6.07) is 6.65. The van der Waals surface area contributed by atoms with Crippen molar-refractivity contribution in [1.82, 2.24) is 4.72 Å². The summed E-state index contributed by atoms with van der Waals surface area (Å²) < 4.78 is 26.3. The molecule has 0 aromatic heterocycles. The van der Waals surface area contributed by atoms with Gasteiger partial charge in [-0.15, -0.1) is 0 Å². The molecule has 0 fully saturated rings. The molecule has 0 saturated heterocycles. The number of hydrogen-bond acceptors (Lipinski definition) is 4. The Hall–Kier alpha value is -2.35. The van der Waals surface area contributed by atoms with Crippen molar-refractivity contribution in [2.24, 2.45) is 0 Å². The number of sulfonamides is 1. The van der Waals surface area contributed by atoms with Crippen molar-refractivity contribution in [3.05, 3.63) is 35.4 Å². The highest BCUT2D eigenvalue weighted by molar-refractivity contribution is 7.89. The lowest BCUT2D eigenvalue weighted by molar-refractivity contribution is -0.137. The largest absolute Gasteiger partial charge is 0.481 e. The van der Waals surface area contributed by atoms with E-state index in [1.54, 1.807) is 24.3 Å². The van der Waals surface area contributed by atoms with E-state index in [1.165, 1.54) is 0 Å². The minimum absolute atomic E-state index is 0.130. The first-order valence-corrected chi connectivity index (χ1v) is 8.71. The van der Waals surface area contributed by atoms with Crippen LogP contribution in [0.5, 0.6) is 0 Å². The molecule has 0 unspecified atom stereocenters. The van der Waals surface area contributed by atoms with Gasteiger partial charge in [-0.05, 0) is 31.9 Å². The van der Waals surface area contributed by atoms with Crippen LogP contribution < -0.4 is 4.72 Å². The molecule has 0 amide bonds. The molecule has 1 aromatic rings. The Labute approximate surface area is 141 Å². The van der Waals surface area contributed by atoms with Crippen LogP contribution in [0.2, 0.25) is 0 Å². The van der Waals surface area contributed by atoms with Gasteiger partial charge in [0.25, 0.3) is 0 Å². The molecule has 0 bridgehead atoms. The topological polar surface area (TPSA) is 137 Å². The average Bonchev–Trinajstić information content (AvgIpc) is 2.52. The molecule has 8 nitrogen and oxygen atoms in total. The summed E-state index contributed by atoms with van der Waals surface area (Å²) in [7, 11) is -3.45. The number of nitrogens with one attached hydrogen (secondary N) is 1. The van der Waals surface area contributed by atoms with Gasteiger partial charge in [0.05, 0.1) is 4.90 Å². The SMILES string of the molecule is Cc1ccc(S(=O)(=O)NCCCCCC(=O)O)cc1.[N-]=[N+]=CC=O. The second-order valence-corrected chi connectivity index (χ2v) is 6.58. The molecule has 0 atom stereocenters. The van der Waals surface area contributed by atoms with Crippen LogP contribution in [-0.4, -0.2) is 43.3 Å². The Kier molecular flexibility index (Phi) is 10.9. The number of carboxylic acid groups (broad SMARTS) is 1. The van der Waals surface area contributed by atoms with Crippen molar-refractivity contribution in [3.63, 3.8) is 0 Å². The summed E-state index contributed by atoms with van der Waals surface area (Å²) in [5.41, 5.74) is 8.41. The maximum absolute atomic E-state index is 11.9. The molecule has 2 N–H and O–H groups in total. The molecule has 1 aromatic carbocycles. The predicted molar refractivity (Wildman–Crippen MR) is 88.2 cm³/mol. The van der Waals surface area contributed by atoms with Crippen molar-refractivity contribution >= 4 is 28.5 Å². The lowest BCUT2D eigenvalue weighted by Gasteiger charge is -2.06. The number of aldehydes is 1. The highest BCUT2D eigenvalue weighted by atomic mass is 32.2. The first-order chi connectivity index (χ1) is 11.3. The number of nitrogens with zero attached hydrogens (tertiary/aromatic N) is 2. The molecule has 0 radical (unpaired) electrons. The number of carboxylic acids is 1. The third-order valence-electron chi connectivity index (χ3n) is 2.82. The zero-order chi connectivity index (χ0) is 18.4. The van der Waals surface area contributed by atoms with Gasteiger partial charge in [-0.25, -0.2) is 13.1 Å². The Morgan fingerprint density at radius 1 is 1.25 bits per heavy atom. The Morgan fingerprint density at radius 3 is 2.33 bits per heavy atom. The van der Waals surface area contributed by atoms with E-state index < -0.39 is 16.0 Å². The molecule has 0 heterocycles. The molecule has 0 spiro atoms. The molecular formula is C15H21N3O5S. The van der Waals surface area contributed by atoms with Gasteiger partial charge in [0.2, 0.25) is 16.3 Å². The monoisotopic (exact) mass is 355 g/mol. The molecule has 0 saturated carbocycles. The van der Waals surface area contributed by atoms with Crippen molar-refractivity contribution in [2.45, 2.75) is 37.5 Å². The smallest absolute Gasteiger partial charge is 0.319 e. The lowest BCUT2D eigenvalue weighted by atomic mass is 10.2. The zero-order valence-corrected chi connectivity index (χ0v) is 14.2. The Bertz CT molecular complexity index is 665. The number of carbonyl (C=O) groups is 2. The van der Waals surface area contributed by atoms with Crippen LogP contribution in [0.25, 0.3) is 5.53 Å². The quantitative estimate of drug-likeness (QED) is 0.227. The van der Waals surface area contributed by atoms with E-state index >= 15 is 0 Å². The van der Waals surface area contributed by atoms with Crippen molar-refractivity contribution in [2.75, 3.05) is 6.54 Å². The van der Waals surface area contributed by atoms with Crippen molar-refractivity contribution in [3.8, 4) is 0 Å². The molecule has 24 heavy (non-hydrogen) atoms. The third kappa shape index (κ3) is 10.4. The van der Waals surface area contributed by atoms with E-state index in [1.807, 2.05) is 6.92 Å². The summed E-state index contributed by atoms with van der Waals surface area (Å²) in [6.07, 6.45) is 3.17. The van der Waals surface area contributed by atoms with Crippen LogP contribution in [0.3, 0.4) is 0 Å². The Balaban J connectivity index is 0.000000922. The molecule has 0 aliphatic rings. The van der Waals surface area contributed by atoms with E-state index in [2.05, 4.69) is 9.51 Å². The highest BCUT2D eigenvalue weighted by Crippen LogP contribution is 2.10. The van der Waals surface area contributed by atoms with E-state index in [-0.39, 0.29) is 11.3 Å². The van der Waals surface area contributed by atoms with Crippen LogP contribution >= 0.6 is 0 Å². The predicted octanol–water partition coefficient (Wildman–Crippen LogP) is 1.40. The summed E-state index contributed by atoms with van der Waals surface area (Å²) >= 11 is 0. The molecule has 0 aliphatic heterocycles. The fraction of sp³-hybridized carbons (Fsp3) is 0.400. The number of hydrogen-bond donors (Lipinski definition) is 2. The minimum Gasteiger partial charge on any atom is -0.481 e. The standard InChI is InChI=1S/C13H19NO4S.C2H2N2O/c1-11-6-8-12(9-7-11)19(17,18)14-10-4-2-3-5-13(15)16;3-4-1-2-5/h6-9,14H,2-5,10H2,1H3,(H,15,16);1-2H. The molecule has 9 heteroatoms. The second kappa shape index (κ2) is 12.1. The first kappa shape index (κ1) is 21.6. The second-order valence-electron chi connectivity index (χ2n) is 4.82. The first-order valence-electron chi connectivity index (χ1n) is 7.23. The van der Waals surface area contributed by atoms with Crippen LogP contribution in [0.1, 0.15) is 31.2 Å².